The predicted molar refractivity (Wildman–Crippen MR) is 118 cm³/mol. The topological polar surface area (TPSA) is 98.7 Å². The van der Waals surface area contributed by atoms with E-state index in [0.717, 1.165) is 38.5 Å². The van der Waals surface area contributed by atoms with E-state index in [1.807, 2.05) is 13.8 Å². The Hall–Kier alpha value is -1.28. The van der Waals surface area contributed by atoms with Gasteiger partial charge in [0.25, 0.3) is 0 Å². The molecule has 3 saturated heterocycles. The summed E-state index contributed by atoms with van der Waals surface area (Å²) in [6, 6.07) is -1.02. The molecule has 2 unspecified atom stereocenters. The first-order chi connectivity index (χ1) is 14.5. The lowest BCUT2D eigenvalue weighted by atomic mass is 9.70. The number of rotatable bonds is 11. The molecule has 0 aromatic heterocycles. The number of nitrogens with zero attached hydrogens (tertiary/aromatic N) is 1. The molecule has 3 fully saturated rings. The van der Waals surface area contributed by atoms with Crippen molar-refractivity contribution in [1.82, 2.24) is 15.5 Å². The summed E-state index contributed by atoms with van der Waals surface area (Å²) in [5, 5.41) is 16.1. The molecule has 0 saturated carbocycles. The van der Waals surface area contributed by atoms with Crippen LogP contribution in [0.15, 0.2) is 0 Å². The van der Waals surface area contributed by atoms with Gasteiger partial charge in [-0.25, -0.2) is 0 Å². The van der Waals surface area contributed by atoms with Crippen LogP contribution in [-0.2, 0) is 14.4 Å². The van der Waals surface area contributed by atoms with Crippen molar-refractivity contribution in [3.63, 3.8) is 0 Å². The van der Waals surface area contributed by atoms with Crippen molar-refractivity contribution in [2.45, 2.75) is 87.8 Å². The van der Waals surface area contributed by atoms with Crippen LogP contribution in [-0.4, -0.2) is 69.5 Å². The van der Waals surface area contributed by atoms with Crippen LogP contribution >= 0.6 is 11.8 Å². The van der Waals surface area contributed by atoms with Crippen LogP contribution in [0.4, 0.5) is 0 Å². The first kappa shape index (κ1) is 23.4. The molecule has 3 aliphatic heterocycles. The number of likely N-dealkylation sites (tertiary alicyclic amines) is 1. The van der Waals surface area contributed by atoms with E-state index < -0.39 is 22.7 Å². The van der Waals surface area contributed by atoms with E-state index >= 15 is 0 Å². The van der Waals surface area contributed by atoms with Gasteiger partial charge in [0.2, 0.25) is 17.7 Å². The number of hydrogen-bond acceptors (Lipinski definition) is 5. The van der Waals surface area contributed by atoms with Crippen molar-refractivity contribution in [2.24, 2.45) is 11.8 Å². The highest BCUT2D eigenvalue weighted by Crippen LogP contribution is 2.66. The molecule has 2 bridgehead atoms. The van der Waals surface area contributed by atoms with Gasteiger partial charge in [0.1, 0.15) is 6.04 Å². The van der Waals surface area contributed by atoms with E-state index in [2.05, 4.69) is 17.6 Å². The number of carbonyl (C=O) groups is 3. The third-order valence-corrected chi connectivity index (χ3v) is 8.95. The Labute approximate surface area is 184 Å². The summed E-state index contributed by atoms with van der Waals surface area (Å²) in [7, 11) is 0. The summed E-state index contributed by atoms with van der Waals surface area (Å²) in [4.78, 5) is 41.6. The van der Waals surface area contributed by atoms with Crippen molar-refractivity contribution in [2.75, 3.05) is 19.7 Å². The van der Waals surface area contributed by atoms with E-state index in [4.69, 9.17) is 0 Å². The molecule has 30 heavy (non-hydrogen) atoms. The molecule has 3 N–H and O–H groups in total. The highest BCUT2D eigenvalue weighted by molar-refractivity contribution is 8.02. The summed E-state index contributed by atoms with van der Waals surface area (Å²) in [6.45, 7) is 7.06. The Morgan fingerprint density at radius 3 is 2.53 bits per heavy atom. The Balaban J connectivity index is 1.91. The number of aliphatic hydroxyl groups excluding tert-OH is 1. The number of unbranched alkanes of at least 4 members (excludes halogenated alkanes) is 2. The van der Waals surface area contributed by atoms with E-state index in [1.165, 1.54) is 0 Å². The number of fused-ring (bicyclic) bond motifs is 1. The zero-order chi connectivity index (χ0) is 21.9. The monoisotopic (exact) mass is 439 g/mol. The van der Waals surface area contributed by atoms with Crippen LogP contribution in [0.1, 0.15) is 65.7 Å². The molecule has 0 aromatic carbocycles. The van der Waals surface area contributed by atoms with Crippen molar-refractivity contribution in [3.8, 4) is 0 Å². The van der Waals surface area contributed by atoms with E-state index in [0.29, 0.717) is 19.5 Å². The average molecular weight is 440 g/mol. The third-order valence-electron chi connectivity index (χ3n) is 6.99. The van der Waals surface area contributed by atoms with Gasteiger partial charge in [0, 0.05) is 18.3 Å². The molecule has 3 aliphatic rings. The minimum absolute atomic E-state index is 0.0599. The van der Waals surface area contributed by atoms with Gasteiger partial charge in [-0.1, -0.05) is 33.6 Å². The second kappa shape index (κ2) is 9.90. The van der Waals surface area contributed by atoms with Gasteiger partial charge in [0.05, 0.1) is 29.2 Å². The molecule has 0 aliphatic carbocycles. The van der Waals surface area contributed by atoms with Crippen LogP contribution in [0.3, 0.4) is 0 Å². The fraction of sp³-hybridized carbons (Fsp3) is 0.864. The molecule has 1 spiro atoms. The average Bonchev–Trinajstić information content (AvgIpc) is 3.38. The van der Waals surface area contributed by atoms with E-state index in [-0.39, 0.29) is 35.5 Å². The van der Waals surface area contributed by atoms with Gasteiger partial charge < -0.3 is 20.6 Å². The van der Waals surface area contributed by atoms with Crippen LogP contribution in [0.5, 0.6) is 0 Å². The number of nitrogens with one attached hydrogen (secondary N) is 2. The highest BCUT2D eigenvalue weighted by Gasteiger charge is 2.74. The van der Waals surface area contributed by atoms with Gasteiger partial charge >= 0.3 is 0 Å². The molecule has 3 heterocycles. The number of aliphatic hydroxyl groups is 1. The summed E-state index contributed by atoms with van der Waals surface area (Å²) >= 11 is 1.68. The Morgan fingerprint density at radius 1 is 1.17 bits per heavy atom. The van der Waals surface area contributed by atoms with Gasteiger partial charge in [-0.2, -0.15) is 0 Å². The molecule has 3 amide bonds. The van der Waals surface area contributed by atoms with Gasteiger partial charge in [-0.05, 0) is 32.1 Å². The zero-order valence-corrected chi connectivity index (χ0v) is 19.3. The lowest BCUT2D eigenvalue weighted by molar-refractivity contribution is -0.142. The molecule has 170 valence electrons. The predicted octanol–water partition coefficient (Wildman–Crippen LogP) is 1.68. The fourth-order valence-electron chi connectivity index (χ4n) is 5.55. The molecule has 3 rings (SSSR count). The quantitative estimate of drug-likeness (QED) is 0.426. The van der Waals surface area contributed by atoms with Crippen molar-refractivity contribution in [1.29, 1.82) is 0 Å². The lowest BCUT2D eigenvalue weighted by Gasteiger charge is -2.36. The van der Waals surface area contributed by atoms with Crippen LogP contribution in [0.2, 0.25) is 0 Å². The Morgan fingerprint density at radius 2 is 1.90 bits per heavy atom. The van der Waals surface area contributed by atoms with Crippen LogP contribution < -0.4 is 10.6 Å². The molecular formula is C22H37N3O4S. The van der Waals surface area contributed by atoms with Gasteiger partial charge in [0.15, 0.2) is 0 Å². The highest BCUT2D eigenvalue weighted by atomic mass is 32.2. The molecule has 6 atom stereocenters. The second-order valence-corrected chi connectivity index (χ2v) is 10.4. The SMILES string of the molecule is CCCCCNC(=O)C1N([C@@H](CC)CO)C(=O)[C@@H]2[C@H](C(=O)NCCC)[C@@H]3CCC12S3. The zero-order valence-electron chi connectivity index (χ0n) is 18.5. The lowest BCUT2D eigenvalue weighted by Crippen LogP contribution is -2.56. The first-order valence-corrected chi connectivity index (χ1v) is 12.5. The number of thioether (sulfide) groups is 1. The van der Waals surface area contributed by atoms with Crippen molar-refractivity contribution < 1.29 is 19.5 Å². The van der Waals surface area contributed by atoms with Crippen molar-refractivity contribution in [3.05, 3.63) is 0 Å². The Bertz CT molecular complexity index is 656. The summed E-state index contributed by atoms with van der Waals surface area (Å²) < 4.78 is -0.562. The number of amides is 3. The van der Waals surface area contributed by atoms with E-state index in [1.54, 1.807) is 16.7 Å². The summed E-state index contributed by atoms with van der Waals surface area (Å²) in [6.07, 6.45) is 6.07. The maximum absolute atomic E-state index is 13.7. The molecule has 8 heteroatoms. The second-order valence-electron chi connectivity index (χ2n) is 8.84. The smallest absolute Gasteiger partial charge is 0.244 e. The van der Waals surface area contributed by atoms with E-state index in [9.17, 15) is 19.5 Å². The van der Waals surface area contributed by atoms with Crippen LogP contribution in [0, 0.1) is 11.8 Å². The minimum Gasteiger partial charge on any atom is -0.394 e. The molecule has 0 radical (unpaired) electrons. The standard InChI is InChI=1S/C22H37N3O4S/c1-4-7-8-12-24-20(28)18-22-10-9-15(30-22)16(19(27)23-11-5-2)17(22)21(29)25(18)14(6-3)13-26/h14-18,26H,4-13H2,1-3H3,(H,23,27)(H,24,28)/t14-,15-,16+,17-,18?,22?/m0/s1. The van der Waals surface area contributed by atoms with Gasteiger partial charge in [-0.15, -0.1) is 11.8 Å². The maximum Gasteiger partial charge on any atom is 0.244 e. The normalized spacial score (nSPS) is 32.9. The third kappa shape index (κ3) is 3.85. The van der Waals surface area contributed by atoms with Crippen LogP contribution in [0.25, 0.3) is 0 Å². The largest absolute Gasteiger partial charge is 0.394 e. The molecule has 7 nitrogen and oxygen atoms in total. The molecular weight excluding hydrogens is 402 g/mol. The summed E-state index contributed by atoms with van der Waals surface area (Å²) in [5.74, 6) is -1.19. The maximum atomic E-state index is 13.7. The fourth-order valence-corrected chi connectivity index (χ4v) is 7.75. The number of carbonyl (C=O) groups excluding carboxylic acids is 3. The first-order valence-electron chi connectivity index (χ1n) is 11.6. The molecule has 0 aromatic rings. The minimum atomic E-state index is -0.618. The summed E-state index contributed by atoms with van der Waals surface area (Å²) in [5.41, 5.74) is 0. The van der Waals surface area contributed by atoms with Gasteiger partial charge in [-0.3, -0.25) is 14.4 Å². The Kier molecular flexibility index (Phi) is 7.71. The number of hydrogen-bond donors (Lipinski definition) is 3. The van der Waals surface area contributed by atoms with Crippen molar-refractivity contribution >= 4 is 29.5 Å².